The third kappa shape index (κ3) is 1.93. The van der Waals surface area contributed by atoms with Crippen LogP contribution < -0.4 is 0 Å². The highest BCUT2D eigenvalue weighted by Gasteiger charge is 2.15. The number of hydrogen-bond acceptors (Lipinski definition) is 1. The summed E-state index contributed by atoms with van der Waals surface area (Å²) in [4.78, 5) is 0.414. The van der Waals surface area contributed by atoms with Crippen LogP contribution in [-0.2, 0) is 11.2 Å². The summed E-state index contributed by atoms with van der Waals surface area (Å²) in [6.07, 6.45) is 1.48. The molecular formula is C7H5BrClFOS. The molecule has 1 nitrogen and oxygen atoms in total. The van der Waals surface area contributed by atoms with E-state index in [-0.39, 0.29) is 9.50 Å². The Hall–Kier alpha value is 0.230. The Morgan fingerprint density at radius 3 is 2.67 bits per heavy atom. The Bertz CT molecular complexity index is 306. The normalized spacial score (nSPS) is 13.1. The van der Waals surface area contributed by atoms with Crippen molar-refractivity contribution in [3.05, 3.63) is 27.4 Å². The summed E-state index contributed by atoms with van der Waals surface area (Å²) in [5.74, 6) is -0.565. The van der Waals surface area contributed by atoms with E-state index in [4.69, 9.17) is 11.6 Å². The van der Waals surface area contributed by atoms with Gasteiger partial charge in [-0.15, -0.1) is 0 Å². The lowest BCUT2D eigenvalue weighted by atomic mass is 10.3. The molecule has 0 spiro atoms. The number of hydrogen-bond donors (Lipinski definition) is 0. The van der Waals surface area contributed by atoms with Gasteiger partial charge >= 0.3 is 0 Å². The van der Waals surface area contributed by atoms with Crippen molar-refractivity contribution in [3.8, 4) is 0 Å². The van der Waals surface area contributed by atoms with Crippen LogP contribution in [0.1, 0.15) is 0 Å². The Labute approximate surface area is 86.2 Å². The van der Waals surface area contributed by atoms with Gasteiger partial charge in [-0.3, -0.25) is 0 Å². The largest absolute Gasteiger partial charge is 0.612 e. The van der Waals surface area contributed by atoms with Crippen LogP contribution in [0.3, 0.4) is 0 Å². The second kappa shape index (κ2) is 3.96. The molecular weight excluding hydrogens is 266 g/mol. The number of benzene rings is 1. The highest BCUT2D eigenvalue weighted by atomic mass is 79.9. The summed E-state index contributed by atoms with van der Waals surface area (Å²) in [5, 5.41) is 0.0241. The fraction of sp³-hybridized carbons (Fsp3) is 0.143. The van der Waals surface area contributed by atoms with Gasteiger partial charge in [-0.25, -0.2) is 4.39 Å². The first kappa shape index (κ1) is 10.3. The van der Waals surface area contributed by atoms with E-state index in [1.54, 1.807) is 0 Å². The maximum atomic E-state index is 13.0. The van der Waals surface area contributed by atoms with Gasteiger partial charge in [0.15, 0.2) is 10.7 Å². The van der Waals surface area contributed by atoms with Crippen molar-refractivity contribution < 1.29 is 8.94 Å². The van der Waals surface area contributed by atoms with Gasteiger partial charge in [0.25, 0.3) is 0 Å². The molecule has 5 heteroatoms. The molecule has 1 unspecified atom stereocenters. The van der Waals surface area contributed by atoms with Crippen LogP contribution >= 0.6 is 27.5 Å². The predicted molar refractivity (Wildman–Crippen MR) is 51.4 cm³/mol. The van der Waals surface area contributed by atoms with E-state index in [2.05, 4.69) is 15.9 Å². The van der Waals surface area contributed by atoms with Crippen LogP contribution in [0.15, 0.2) is 21.5 Å². The second-order valence-corrected chi connectivity index (χ2v) is 4.68. The van der Waals surface area contributed by atoms with E-state index in [1.165, 1.54) is 18.4 Å². The lowest BCUT2D eigenvalue weighted by Gasteiger charge is -2.07. The molecule has 0 bridgehead atoms. The second-order valence-electron chi connectivity index (χ2n) is 2.13. The summed E-state index contributed by atoms with van der Waals surface area (Å²) in [6.45, 7) is 0. The first-order chi connectivity index (χ1) is 5.54. The van der Waals surface area contributed by atoms with Gasteiger partial charge in [0.2, 0.25) is 0 Å². The molecule has 0 N–H and O–H groups in total. The van der Waals surface area contributed by atoms with E-state index in [1.807, 2.05) is 0 Å². The summed E-state index contributed by atoms with van der Waals surface area (Å²) < 4.78 is 24.2. The van der Waals surface area contributed by atoms with Crippen LogP contribution in [0.4, 0.5) is 4.39 Å². The molecule has 0 aromatic heterocycles. The molecule has 1 aromatic carbocycles. The zero-order chi connectivity index (χ0) is 9.30. The molecule has 0 aliphatic heterocycles. The molecule has 1 aromatic rings. The third-order valence-electron chi connectivity index (χ3n) is 1.31. The van der Waals surface area contributed by atoms with Crippen molar-refractivity contribution in [2.24, 2.45) is 0 Å². The molecule has 1 atom stereocenters. The monoisotopic (exact) mass is 270 g/mol. The van der Waals surface area contributed by atoms with Gasteiger partial charge in [-0.1, -0.05) is 11.6 Å². The Morgan fingerprint density at radius 1 is 1.58 bits per heavy atom. The van der Waals surface area contributed by atoms with Crippen molar-refractivity contribution in [1.82, 2.24) is 0 Å². The van der Waals surface area contributed by atoms with Crippen molar-refractivity contribution in [2.75, 3.05) is 6.26 Å². The molecule has 1 rings (SSSR count). The molecule has 0 aliphatic carbocycles. The Balaban J connectivity index is 3.27. The fourth-order valence-corrected chi connectivity index (χ4v) is 2.63. The highest BCUT2D eigenvalue weighted by Crippen LogP contribution is 2.29. The van der Waals surface area contributed by atoms with Gasteiger partial charge < -0.3 is 4.55 Å². The zero-order valence-corrected chi connectivity index (χ0v) is 9.26. The zero-order valence-electron chi connectivity index (χ0n) is 6.11. The van der Waals surface area contributed by atoms with Gasteiger partial charge in [0.1, 0.15) is 10.7 Å². The first-order valence-electron chi connectivity index (χ1n) is 3.01. The Kier molecular flexibility index (Phi) is 3.40. The lowest BCUT2D eigenvalue weighted by Crippen LogP contribution is -1.99. The molecule has 0 saturated carbocycles. The smallest absolute Gasteiger partial charge is 0.169 e. The lowest BCUT2D eigenvalue weighted by molar-refractivity contribution is 0.592. The predicted octanol–water partition coefficient (Wildman–Crippen LogP) is 2.98. The number of rotatable bonds is 1. The summed E-state index contributed by atoms with van der Waals surface area (Å²) >= 11 is 7.26. The van der Waals surface area contributed by atoms with E-state index >= 15 is 0 Å². The minimum atomic E-state index is -1.20. The first-order valence-corrected chi connectivity index (χ1v) is 5.74. The summed E-state index contributed by atoms with van der Waals surface area (Å²) in [5.41, 5.74) is 0. The molecule has 0 fully saturated rings. The maximum Gasteiger partial charge on any atom is 0.169 e. The van der Waals surface area contributed by atoms with E-state index in [0.717, 1.165) is 0 Å². The quantitative estimate of drug-likeness (QED) is 0.569. The maximum absolute atomic E-state index is 13.0. The van der Waals surface area contributed by atoms with Crippen LogP contribution in [0, 0.1) is 5.82 Å². The van der Waals surface area contributed by atoms with E-state index in [0.29, 0.717) is 4.90 Å². The van der Waals surface area contributed by atoms with Crippen LogP contribution in [-0.4, -0.2) is 10.8 Å². The molecule has 0 amide bonds. The van der Waals surface area contributed by atoms with E-state index < -0.39 is 17.0 Å². The number of halogens is 3. The minimum absolute atomic E-state index is 0.0241. The third-order valence-corrected chi connectivity index (χ3v) is 3.60. The Morgan fingerprint density at radius 2 is 2.17 bits per heavy atom. The highest BCUT2D eigenvalue weighted by molar-refractivity contribution is 9.10. The summed E-state index contributed by atoms with van der Waals surface area (Å²) in [7, 11) is 0. The van der Waals surface area contributed by atoms with Gasteiger partial charge in [-0.05, 0) is 39.2 Å². The van der Waals surface area contributed by atoms with Gasteiger partial charge in [-0.2, -0.15) is 0 Å². The van der Waals surface area contributed by atoms with Crippen LogP contribution in [0.2, 0.25) is 5.02 Å². The summed E-state index contributed by atoms with van der Waals surface area (Å²) in [6, 6.07) is 2.92. The van der Waals surface area contributed by atoms with E-state index in [9.17, 15) is 8.94 Å². The fourth-order valence-electron chi connectivity index (χ4n) is 0.730. The minimum Gasteiger partial charge on any atom is -0.612 e. The van der Waals surface area contributed by atoms with Crippen molar-refractivity contribution in [2.45, 2.75) is 4.90 Å². The van der Waals surface area contributed by atoms with Crippen molar-refractivity contribution >= 4 is 38.7 Å². The van der Waals surface area contributed by atoms with Crippen molar-refractivity contribution in [3.63, 3.8) is 0 Å². The molecule has 0 saturated heterocycles. The molecule has 0 radical (unpaired) electrons. The molecule has 0 aliphatic rings. The molecule has 12 heavy (non-hydrogen) atoms. The molecule has 66 valence electrons. The SMILES string of the molecule is C[S+]([O-])c1ccc(Cl)c(F)c1Br. The van der Waals surface area contributed by atoms with Crippen LogP contribution in [0.5, 0.6) is 0 Å². The average molecular weight is 272 g/mol. The van der Waals surface area contributed by atoms with Gasteiger partial charge in [0, 0.05) is 0 Å². The van der Waals surface area contributed by atoms with Crippen LogP contribution in [0.25, 0.3) is 0 Å². The van der Waals surface area contributed by atoms with Crippen molar-refractivity contribution in [1.29, 1.82) is 0 Å². The average Bonchev–Trinajstić information content (AvgIpc) is 2.00. The molecule has 0 heterocycles. The van der Waals surface area contributed by atoms with Gasteiger partial charge in [0.05, 0.1) is 5.02 Å². The topological polar surface area (TPSA) is 23.1 Å². The standard InChI is InChI=1S/C7H5BrClFOS/c1-12(11)5-3-2-4(9)7(10)6(5)8/h2-3H,1H3.